The first-order valence-electron chi connectivity index (χ1n) is 5.57. The number of alkyl halides is 2. The van der Waals surface area contributed by atoms with Crippen LogP contribution in [0.15, 0.2) is 0 Å². The van der Waals surface area contributed by atoms with Gasteiger partial charge in [0.25, 0.3) is 0 Å². The molecule has 2 heterocycles. The van der Waals surface area contributed by atoms with Gasteiger partial charge in [-0.1, -0.05) is 25.7 Å². The summed E-state index contributed by atoms with van der Waals surface area (Å²) in [5, 5.41) is 9.11. The molecule has 0 spiro atoms. The summed E-state index contributed by atoms with van der Waals surface area (Å²) in [5.74, 6) is 0. The molecule has 2 aliphatic heterocycles. The van der Waals surface area contributed by atoms with Crippen LogP contribution in [0.3, 0.4) is 0 Å². The molecule has 0 aliphatic carbocycles. The summed E-state index contributed by atoms with van der Waals surface area (Å²) in [7, 11) is 9.75. The van der Waals surface area contributed by atoms with Crippen molar-refractivity contribution in [2.75, 3.05) is 26.2 Å². The van der Waals surface area contributed by atoms with Crippen LogP contribution in [0.4, 0.5) is 0 Å². The van der Waals surface area contributed by atoms with Gasteiger partial charge in [-0.05, 0) is 0 Å². The normalized spacial score (nSPS) is 22.1. The van der Waals surface area contributed by atoms with E-state index in [9.17, 15) is 0 Å². The molecule has 7 heteroatoms. The molecule has 0 aromatic rings. The van der Waals surface area contributed by atoms with Crippen molar-refractivity contribution in [1.29, 1.82) is 0 Å². The van der Waals surface area contributed by atoms with E-state index in [4.69, 9.17) is 42.0 Å². The van der Waals surface area contributed by atoms with Gasteiger partial charge in [-0.25, -0.2) is 0 Å². The Bertz CT molecular complexity index is 137. The van der Waals surface area contributed by atoms with Gasteiger partial charge in [0.2, 0.25) is 0 Å². The van der Waals surface area contributed by atoms with Gasteiger partial charge in [-0.3, -0.25) is 0 Å². The fourth-order valence-corrected chi connectivity index (χ4v) is 1.83. The molecule has 2 fully saturated rings. The van der Waals surface area contributed by atoms with Crippen molar-refractivity contribution in [2.45, 2.75) is 36.4 Å². The molecule has 0 N–H and O–H groups in total. The molecule has 0 amide bonds. The maximum atomic E-state index is 5.76. The van der Waals surface area contributed by atoms with Crippen molar-refractivity contribution in [1.82, 2.24) is 0 Å². The second-order valence-electron chi connectivity index (χ2n) is 3.74. The molecular weight excluding hydrogens is 485 g/mol. The van der Waals surface area contributed by atoms with Gasteiger partial charge >= 0.3 is 35.3 Å². The zero-order valence-corrected chi connectivity index (χ0v) is 14.8. The summed E-state index contributed by atoms with van der Waals surface area (Å²) in [6.07, 6.45) is 4.34. The number of piperidine rings is 2. The Morgan fingerprint density at radius 3 is 1.06 bits per heavy atom. The molecule has 17 heavy (non-hydrogen) atoms. The summed E-state index contributed by atoms with van der Waals surface area (Å²) in [6, 6.07) is 0. The summed E-state index contributed by atoms with van der Waals surface area (Å²) in [5.41, 5.74) is 0. The first-order chi connectivity index (χ1) is 8.20. The number of halogens is 4. The average Bonchev–Trinajstić information content (AvgIpc) is 2.33. The topological polar surface area (TPSA) is 28.2 Å². The van der Waals surface area contributed by atoms with Gasteiger partial charge in [-0.2, -0.15) is 0 Å². The molecular formula is C10H18Cl4N2Pt. The van der Waals surface area contributed by atoms with E-state index in [-0.39, 0.29) is 0 Å². The minimum absolute atomic E-state index is 0.414. The maximum absolute atomic E-state index is 5.76. The Kier molecular flexibility index (Phi) is 15.7. The van der Waals surface area contributed by atoms with Crippen LogP contribution in [0.2, 0.25) is 0 Å². The molecule has 2 aliphatic rings. The summed E-state index contributed by atoms with van der Waals surface area (Å²) < 4.78 is 0. The van der Waals surface area contributed by atoms with E-state index in [1.807, 2.05) is 0 Å². The van der Waals surface area contributed by atoms with E-state index in [1.54, 1.807) is 0 Å². The predicted molar refractivity (Wildman–Crippen MR) is 75.6 cm³/mol. The van der Waals surface area contributed by atoms with E-state index >= 15 is 0 Å². The molecule has 0 unspecified atom stereocenters. The Morgan fingerprint density at radius 2 is 0.941 bits per heavy atom. The quantitative estimate of drug-likeness (QED) is 0.421. The number of hydrogen-bond donors (Lipinski definition) is 0. The van der Waals surface area contributed by atoms with Gasteiger partial charge in [0.05, 0.1) is 0 Å². The van der Waals surface area contributed by atoms with Crippen molar-refractivity contribution >= 4 is 42.0 Å². The van der Waals surface area contributed by atoms with Crippen LogP contribution in [-0.4, -0.2) is 36.9 Å². The standard InChI is InChI=1S/2C5H9ClN.2ClH.Pt/c2*6-5-1-3-7-4-2-5;;;/h2*5H,1-4H2;2*1H;/q2*-1;;;+4/p-2. The molecule has 2 rings (SSSR count). The molecule has 0 aromatic heterocycles. The molecule has 106 valence electrons. The fourth-order valence-electron chi connectivity index (χ4n) is 1.44. The van der Waals surface area contributed by atoms with Gasteiger partial charge in [0, 0.05) is 10.8 Å². The third kappa shape index (κ3) is 14.0. The van der Waals surface area contributed by atoms with Crippen LogP contribution in [-0.2, 0) is 16.5 Å². The molecule has 0 bridgehead atoms. The Morgan fingerprint density at radius 1 is 0.706 bits per heavy atom. The third-order valence-corrected chi connectivity index (χ3v) is 3.27. The first-order valence-corrected chi connectivity index (χ1v) is 12.1. The van der Waals surface area contributed by atoms with Crippen LogP contribution in [0, 0.1) is 0 Å². The van der Waals surface area contributed by atoms with Crippen LogP contribution in [0.1, 0.15) is 25.7 Å². The first kappa shape index (κ1) is 18.8. The van der Waals surface area contributed by atoms with Gasteiger partial charge in [0.1, 0.15) is 0 Å². The van der Waals surface area contributed by atoms with Gasteiger partial charge in [-0.15, -0.1) is 49.4 Å². The van der Waals surface area contributed by atoms with Crippen LogP contribution in [0.25, 0.3) is 10.6 Å². The van der Waals surface area contributed by atoms with Crippen molar-refractivity contribution in [3.05, 3.63) is 10.6 Å². The van der Waals surface area contributed by atoms with E-state index in [0.29, 0.717) is 10.8 Å². The van der Waals surface area contributed by atoms with E-state index in [0.717, 1.165) is 51.9 Å². The van der Waals surface area contributed by atoms with Crippen molar-refractivity contribution in [3.8, 4) is 0 Å². The summed E-state index contributed by atoms with van der Waals surface area (Å²) in [4.78, 5) is 0. The Hall–Kier alpha value is 1.77. The van der Waals surface area contributed by atoms with Crippen LogP contribution < -0.4 is 0 Å². The molecule has 2 saturated heterocycles. The Balaban J connectivity index is 0.000000247. The number of hydrogen-bond acceptors (Lipinski definition) is 0. The molecule has 2 nitrogen and oxygen atoms in total. The zero-order valence-electron chi connectivity index (χ0n) is 9.53. The van der Waals surface area contributed by atoms with Crippen LogP contribution in [0.5, 0.6) is 0 Å². The summed E-state index contributed by atoms with van der Waals surface area (Å²) >= 11 is 11.0. The minimum atomic E-state index is -0.472. The number of nitrogens with zero attached hydrogens (tertiary/aromatic N) is 2. The van der Waals surface area contributed by atoms with E-state index in [1.165, 1.54) is 0 Å². The predicted octanol–water partition coefficient (Wildman–Crippen LogP) is 4.90. The van der Waals surface area contributed by atoms with E-state index in [2.05, 4.69) is 10.6 Å². The molecule has 0 aromatic carbocycles. The zero-order chi connectivity index (χ0) is 12.9. The Labute approximate surface area is 131 Å². The second-order valence-corrected chi connectivity index (χ2v) is 8.25. The second kappa shape index (κ2) is 14.2. The fraction of sp³-hybridized carbons (Fsp3) is 1.00. The average molecular weight is 503 g/mol. The van der Waals surface area contributed by atoms with Crippen LogP contribution >= 0.6 is 42.0 Å². The van der Waals surface area contributed by atoms with Gasteiger partial charge in [0.15, 0.2) is 0 Å². The van der Waals surface area contributed by atoms with Crippen molar-refractivity contribution in [2.24, 2.45) is 0 Å². The third-order valence-electron chi connectivity index (χ3n) is 2.40. The molecule has 0 radical (unpaired) electrons. The van der Waals surface area contributed by atoms with Crippen molar-refractivity contribution < 1.29 is 16.5 Å². The van der Waals surface area contributed by atoms with Crippen molar-refractivity contribution in [3.63, 3.8) is 0 Å². The monoisotopic (exact) mass is 501 g/mol. The SMILES string of the molecule is ClC1CC[N-]CC1.ClC1CC[N-]CC1.[Cl][Pt+2][Cl]. The molecule has 0 atom stereocenters. The molecule has 0 saturated carbocycles. The number of rotatable bonds is 0. The van der Waals surface area contributed by atoms with E-state index < -0.39 is 16.5 Å². The van der Waals surface area contributed by atoms with Gasteiger partial charge < -0.3 is 10.6 Å². The summed E-state index contributed by atoms with van der Waals surface area (Å²) in [6.45, 7) is 3.92.